The fourth-order valence-electron chi connectivity index (χ4n) is 3.33. The van der Waals surface area contributed by atoms with Crippen molar-refractivity contribution >= 4 is 45.4 Å². The topological polar surface area (TPSA) is 50.7 Å². The second-order valence-electron chi connectivity index (χ2n) is 6.31. The van der Waals surface area contributed by atoms with Crippen LogP contribution in [-0.2, 0) is 10.3 Å². The molecule has 2 unspecified atom stereocenters. The zero-order valence-corrected chi connectivity index (χ0v) is 16.7. The molecule has 1 amide bonds. The van der Waals surface area contributed by atoms with Crippen LogP contribution < -0.4 is 5.32 Å². The normalized spacial score (nSPS) is 24.7. The van der Waals surface area contributed by atoms with Crippen LogP contribution in [-0.4, -0.2) is 30.0 Å². The van der Waals surface area contributed by atoms with Gasteiger partial charge in [0.2, 0.25) is 0 Å². The summed E-state index contributed by atoms with van der Waals surface area (Å²) in [7, 11) is 0. The third-order valence-electron chi connectivity index (χ3n) is 4.69. The predicted molar refractivity (Wildman–Crippen MR) is 109 cm³/mol. The number of carbonyl (C=O) groups excluding carboxylic acids is 1. The number of hydrogen-bond donors (Lipinski definition) is 1. The maximum atomic E-state index is 14.6. The second kappa shape index (κ2) is 7.28. The summed E-state index contributed by atoms with van der Waals surface area (Å²) in [5.74, 6) is 0.300. The van der Waals surface area contributed by atoms with Crippen molar-refractivity contribution in [2.24, 2.45) is 10.9 Å². The van der Waals surface area contributed by atoms with E-state index in [2.05, 4.69) is 27.9 Å². The largest absolute Gasteiger partial charge is 0.378 e. The first-order valence-electron chi connectivity index (χ1n) is 8.21. The van der Waals surface area contributed by atoms with Gasteiger partial charge in [0.1, 0.15) is 11.4 Å². The molecular weight excluding hydrogens is 466 g/mol. The molecule has 0 aromatic heterocycles. The molecule has 2 heterocycles. The van der Waals surface area contributed by atoms with Crippen molar-refractivity contribution in [3.8, 4) is 0 Å². The smallest absolute Gasteiger partial charge is 0.257 e. The van der Waals surface area contributed by atoms with Crippen LogP contribution in [0.1, 0.15) is 15.9 Å². The van der Waals surface area contributed by atoms with Crippen molar-refractivity contribution in [2.45, 2.75) is 5.54 Å². The van der Waals surface area contributed by atoms with Crippen molar-refractivity contribution in [3.05, 3.63) is 69.0 Å². The Morgan fingerprint density at radius 2 is 2.12 bits per heavy atom. The van der Waals surface area contributed by atoms with Crippen molar-refractivity contribution in [2.75, 3.05) is 19.0 Å². The monoisotopic (exact) mass is 482 g/mol. The number of hydrogen-bond acceptors (Lipinski definition) is 4. The van der Waals surface area contributed by atoms with Gasteiger partial charge in [-0.05, 0) is 52.9 Å². The number of aliphatic imine (C=N–C) groups is 1. The van der Waals surface area contributed by atoms with Crippen molar-refractivity contribution in [3.63, 3.8) is 0 Å². The standard InChI is InChI=1S/C19H16FIN2O2S/c20-16-7-6-14(21)8-15(16)19-11-25-9-13(19)10-26-18(23-19)22-17(24)12-4-2-1-3-5-12/h1-8,13H,9-11H2,(H,22,23,24). The molecule has 0 aliphatic carbocycles. The minimum atomic E-state index is -0.782. The minimum Gasteiger partial charge on any atom is -0.378 e. The molecule has 2 aromatic rings. The zero-order chi connectivity index (χ0) is 18.1. The number of nitrogens with zero attached hydrogens (tertiary/aromatic N) is 1. The summed E-state index contributed by atoms with van der Waals surface area (Å²) >= 11 is 3.65. The van der Waals surface area contributed by atoms with Crippen LogP contribution in [0, 0.1) is 15.3 Å². The van der Waals surface area contributed by atoms with Crippen molar-refractivity contribution < 1.29 is 13.9 Å². The van der Waals surface area contributed by atoms with Gasteiger partial charge in [-0.1, -0.05) is 30.0 Å². The summed E-state index contributed by atoms with van der Waals surface area (Å²) in [4.78, 5) is 17.2. The van der Waals surface area contributed by atoms with Gasteiger partial charge in [0, 0.05) is 26.4 Å². The second-order valence-corrected chi connectivity index (χ2v) is 8.56. The van der Waals surface area contributed by atoms with Gasteiger partial charge in [0.15, 0.2) is 5.17 Å². The lowest BCUT2D eigenvalue weighted by molar-refractivity contribution is 0.0977. The van der Waals surface area contributed by atoms with E-state index in [-0.39, 0.29) is 17.6 Å². The number of halogens is 2. The number of amides is 1. The first-order chi connectivity index (χ1) is 12.6. The number of amidine groups is 1. The maximum absolute atomic E-state index is 14.6. The molecule has 2 aliphatic heterocycles. The Morgan fingerprint density at radius 3 is 2.92 bits per heavy atom. The number of rotatable bonds is 2. The third kappa shape index (κ3) is 3.27. The van der Waals surface area contributed by atoms with E-state index >= 15 is 0 Å². The minimum absolute atomic E-state index is 0.0811. The lowest BCUT2D eigenvalue weighted by Gasteiger charge is -2.35. The molecule has 0 saturated carbocycles. The number of nitrogens with one attached hydrogen (secondary N) is 1. The average Bonchev–Trinajstić information content (AvgIpc) is 3.08. The molecule has 2 atom stereocenters. The van der Waals surface area contributed by atoms with Crippen LogP contribution in [0.5, 0.6) is 0 Å². The number of thioether (sulfide) groups is 1. The van der Waals surface area contributed by atoms with Crippen LogP contribution in [0.3, 0.4) is 0 Å². The van der Waals surface area contributed by atoms with Crippen LogP contribution in [0.4, 0.5) is 4.39 Å². The van der Waals surface area contributed by atoms with Gasteiger partial charge in [0.25, 0.3) is 5.91 Å². The highest BCUT2D eigenvalue weighted by molar-refractivity contribution is 14.1. The number of benzene rings is 2. The van der Waals surface area contributed by atoms with E-state index in [0.717, 1.165) is 9.32 Å². The van der Waals surface area contributed by atoms with Crippen LogP contribution in [0.15, 0.2) is 53.5 Å². The lowest BCUT2D eigenvalue weighted by atomic mass is 9.81. The third-order valence-corrected chi connectivity index (χ3v) is 6.40. The van der Waals surface area contributed by atoms with E-state index in [1.165, 1.54) is 17.8 Å². The summed E-state index contributed by atoms with van der Waals surface area (Å²) in [6, 6.07) is 14.0. The molecule has 1 fully saturated rings. The highest BCUT2D eigenvalue weighted by Crippen LogP contribution is 2.45. The Labute approximate surface area is 168 Å². The number of fused-ring (bicyclic) bond motifs is 1. The average molecular weight is 482 g/mol. The Hall–Kier alpha value is -1.45. The quantitative estimate of drug-likeness (QED) is 0.663. The van der Waals surface area contributed by atoms with Crippen molar-refractivity contribution in [1.82, 2.24) is 5.32 Å². The van der Waals surface area contributed by atoms with E-state index in [1.807, 2.05) is 24.3 Å². The SMILES string of the molecule is O=C(NC1=NC2(c3cc(I)ccc3F)COCC2CS1)c1ccccc1. The maximum Gasteiger partial charge on any atom is 0.257 e. The van der Waals surface area contributed by atoms with Gasteiger partial charge < -0.3 is 10.1 Å². The lowest BCUT2D eigenvalue weighted by Crippen LogP contribution is -2.42. The molecule has 7 heteroatoms. The predicted octanol–water partition coefficient (Wildman–Crippen LogP) is 3.80. The molecule has 1 N–H and O–H groups in total. The Bertz CT molecular complexity index is 877. The van der Waals surface area contributed by atoms with Crippen LogP contribution in [0.2, 0.25) is 0 Å². The summed E-state index contributed by atoms with van der Waals surface area (Å²) in [5, 5.41) is 3.38. The Kier molecular flexibility index (Phi) is 5.02. The summed E-state index contributed by atoms with van der Waals surface area (Å²) in [5.41, 5.74) is 0.323. The molecule has 0 bridgehead atoms. The summed E-state index contributed by atoms with van der Waals surface area (Å²) in [6.07, 6.45) is 0. The van der Waals surface area contributed by atoms with Crippen molar-refractivity contribution in [1.29, 1.82) is 0 Å². The molecular formula is C19H16FIN2O2S. The van der Waals surface area contributed by atoms with E-state index in [9.17, 15) is 9.18 Å². The van der Waals surface area contributed by atoms with Crippen LogP contribution in [0.25, 0.3) is 0 Å². The first kappa shape index (κ1) is 17.9. The Balaban J connectivity index is 1.69. The van der Waals surface area contributed by atoms with Gasteiger partial charge in [-0.2, -0.15) is 0 Å². The molecule has 4 nitrogen and oxygen atoms in total. The fraction of sp³-hybridized carbons (Fsp3) is 0.263. The molecule has 134 valence electrons. The van der Waals surface area contributed by atoms with E-state index in [1.54, 1.807) is 18.2 Å². The van der Waals surface area contributed by atoms with Gasteiger partial charge >= 0.3 is 0 Å². The number of carbonyl (C=O) groups is 1. The Morgan fingerprint density at radius 1 is 1.31 bits per heavy atom. The van der Waals surface area contributed by atoms with E-state index < -0.39 is 5.54 Å². The molecule has 26 heavy (non-hydrogen) atoms. The zero-order valence-electron chi connectivity index (χ0n) is 13.7. The van der Waals surface area contributed by atoms with E-state index in [4.69, 9.17) is 9.73 Å². The van der Waals surface area contributed by atoms with Gasteiger partial charge in [0.05, 0.1) is 13.2 Å². The molecule has 2 aromatic carbocycles. The molecule has 4 rings (SSSR count). The number of ether oxygens (including phenoxy) is 1. The highest BCUT2D eigenvalue weighted by atomic mass is 127. The molecule has 0 spiro atoms. The van der Waals surface area contributed by atoms with Gasteiger partial charge in [-0.15, -0.1) is 0 Å². The van der Waals surface area contributed by atoms with E-state index in [0.29, 0.717) is 29.5 Å². The summed E-state index contributed by atoms with van der Waals surface area (Å²) < 4.78 is 21.2. The summed E-state index contributed by atoms with van der Waals surface area (Å²) in [6.45, 7) is 0.862. The highest BCUT2D eigenvalue weighted by Gasteiger charge is 2.49. The molecule has 2 aliphatic rings. The van der Waals surface area contributed by atoms with Gasteiger partial charge in [-0.25, -0.2) is 9.38 Å². The molecule has 0 radical (unpaired) electrons. The first-order valence-corrected chi connectivity index (χ1v) is 10.3. The molecule has 1 saturated heterocycles. The van der Waals surface area contributed by atoms with Crippen LogP contribution >= 0.6 is 34.4 Å². The fourth-order valence-corrected chi connectivity index (χ4v) is 4.94. The van der Waals surface area contributed by atoms with Gasteiger partial charge in [-0.3, -0.25) is 4.79 Å².